The number of fused-ring (bicyclic) bond motifs is 5. The fourth-order valence-electron chi connectivity index (χ4n) is 7.48. The highest BCUT2D eigenvalue weighted by atomic mass is 16.6. The Hall–Kier alpha value is -1.71. The van der Waals surface area contributed by atoms with Gasteiger partial charge in [0, 0.05) is 18.8 Å². The van der Waals surface area contributed by atoms with Crippen molar-refractivity contribution in [3.05, 3.63) is 23.3 Å². The molecule has 2 saturated carbocycles. The van der Waals surface area contributed by atoms with E-state index in [0.29, 0.717) is 30.6 Å². The Morgan fingerprint density at radius 3 is 2.39 bits per heavy atom. The Bertz CT molecular complexity index is 820. The average molecular weight is 385 g/mol. The maximum atomic E-state index is 12.8. The van der Waals surface area contributed by atoms with Gasteiger partial charge in [-0.3, -0.25) is 14.4 Å². The molecular formula is C24H32O4. The molecule has 4 aliphatic rings. The summed E-state index contributed by atoms with van der Waals surface area (Å²) in [6.45, 7) is 9.63. The second-order valence-electron chi connectivity index (χ2n) is 10.1. The molecule has 4 aliphatic carbocycles. The molecular weight excluding hydrogens is 352 g/mol. The number of carbonyl (C=O) groups excluding carboxylic acids is 3. The van der Waals surface area contributed by atoms with Gasteiger partial charge in [0.2, 0.25) is 0 Å². The number of ether oxygens (including phenoxy) is 1. The van der Waals surface area contributed by atoms with Crippen LogP contribution in [0.2, 0.25) is 0 Å². The van der Waals surface area contributed by atoms with Crippen molar-refractivity contribution in [2.24, 2.45) is 28.6 Å². The summed E-state index contributed by atoms with van der Waals surface area (Å²) in [5.74, 6) is 1.03. The van der Waals surface area contributed by atoms with Crippen molar-refractivity contribution in [1.29, 1.82) is 0 Å². The quantitative estimate of drug-likeness (QED) is 0.654. The number of hydrogen-bond acceptors (Lipinski definition) is 4. The number of esters is 1. The summed E-state index contributed by atoms with van der Waals surface area (Å²) in [4.78, 5) is 36.8. The molecule has 4 unspecified atom stereocenters. The molecule has 2 fully saturated rings. The van der Waals surface area contributed by atoms with Crippen LogP contribution in [0.1, 0.15) is 73.1 Å². The standard InChI is InChI=1S/C24H32O4/c1-14-12-18-19(22(4)9-6-17(27)13-21(14)22)7-10-23(5)20(18)8-11-24(23,15(2)25)28-16(3)26/h12-13,18-20H,6-11H2,1-5H3/t18?,19?,20-,22?,23?,24-/m0/s1. The van der Waals surface area contributed by atoms with E-state index >= 15 is 0 Å². The van der Waals surface area contributed by atoms with Gasteiger partial charge in [0.15, 0.2) is 17.2 Å². The summed E-state index contributed by atoms with van der Waals surface area (Å²) in [7, 11) is 0. The zero-order chi connectivity index (χ0) is 20.5. The number of hydrogen-bond donors (Lipinski definition) is 0. The van der Waals surface area contributed by atoms with Crippen LogP contribution in [-0.4, -0.2) is 23.1 Å². The number of rotatable bonds is 2. The van der Waals surface area contributed by atoms with Crippen molar-refractivity contribution < 1.29 is 19.1 Å². The van der Waals surface area contributed by atoms with Crippen molar-refractivity contribution in [1.82, 2.24) is 0 Å². The minimum Gasteiger partial charge on any atom is -0.451 e. The van der Waals surface area contributed by atoms with Crippen molar-refractivity contribution in [3.63, 3.8) is 0 Å². The van der Waals surface area contributed by atoms with Crippen LogP contribution in [0, 0.1) is 28.6 Å². The Labute approximate surface area is 167 Å². The van der Waals surface area contributed by atoms with E-state index in [0.717, 1.165) is 25.7 Å². The third kappa shape index (κ3) is 2.39. The van der Waals surface area contributed by atoms with Crippen LogP contribution >= 0.6 is 0 Å². The average Bonchev–Trinajstić information content (AvgIpc) is 2.90. The lowest BCUT2D eigenvalue weighted by Crippen LogP contribution is -2.58. The van der Waals surface area contributed by atoms with E-state index in [1.54, 1.807) is 6.92 Å². The molecule has 0 saturated heterocycles. The summed E-state index contributed by atoms with van der Waals surface area (Å²) >= 11 is 0. The van der Waals surface area contributed by atoms with Crippen molar-refractivity contribution in [2.75, 3.05) is 0 Å². The van der Waals surface area contributed by atoms with Crippen LogP contribution in [0.3, 0.4) is 0 Å². The lowest BCUT2D eigenvalue weighted by atomic mass is 9.47. The summed E-state index contributed by atoms with van der Waals surface area (Å²) in [5, 5.41) is 0. The minimum atomic E-state index is -0.990. The molecule has 0 radical (unpaired) electrons. The van der Waals surface area contributed by atoms with Gasteiger partial charge in [0.25, 0.3) is 0 Å². The van der Waals surface area contributed by atoms with E-state index in [2.05, 4.69) is 26.8 Å². The van der Waals surface area contributed by atoms with Crippen molar-refractivity contribution in [2.45, 2.75) is 78.7 Å². The fourth-order valence-corrected chi connectivity index (χ4v) is 7.48. The highest BCUT2D eigenvalue weighted by Crippen LogP contribution is 2.67. The van der Waals surface area contributed by atoms with E-state index in [4.69, 9.17) is 4.74 Å². The molecule has 6 atom stereocenters. The van der Waals surface area contributed by atoms with Crippen molar-refractivity contribution in [3.8, 4) is 0 Å². The zero-order valence-electron chi connectivity index (χ0n) is 17.8. The Morgan fingerprint density at radius 2 is 1.75 bits per heavy atom. The third-order valence-electron chi connectivity index (χ3n) is 8.84. The Kier molecular flexibility index (Phi) is 4.30. The molecule has 0 N–H and O–H groups in total. The molecule has 4 rings (SSSR count). The summed E-state index contributed by atoms with van der Waals surface area (Å²) < 4.78 is 5.82. The number of allylic oxidation sites excluding steroid dienone is 4. The van der Waals surface area contributed by atoms with Gasteiger partial charge < -0.3 is 4.74 Å². The molecule has 0 amide bonds. The van der Waals surface area contributed by atoms with Gasteiger partial charge in [-0.25, -0.2) is 0 Å². The monoisotopic (exact) mass is 384 g/mol. The maximum absolute atomic E-state index is 12.8. The molecule has 0 aliphatic heterocycles. The molecule has 4 nitrogen and oxygen atoms in total. The molecule has 0 spiro atoms. The van der Waals surface area contributed by atoms with Crippen molar-refractivity contribution >= 4 is 17.5 Å². The minimum absolute atomic E-state index is 0.0160. The lowest BCUT2D eigenvalue weighted by Gasteiger charge is -2.58. The van der Waals surface area contributed by atoms with Gasteiger partial charge in [0.05, 0.1) is 0 Å². The highest BCUT2D eigenvalue weighted by Gasteiger charge is 2.67. The molecule has 0 aromatic carbocycles. The van der Waals surface area contributed by atoms with Gasteiger partial charge in [-0.15, -0.1) is 0 Å². The van der Waals surface area contributed by atoms with Gasteiger partial charge >= 0.3 is 5.97 Å². The van der Waals surface area contributed by atoms with E-state index in [9.17, 15) is 14.4 Å². The summed E-state index contributed by atoms with van der Waals surface area (Å²) in [6, 6.07) is 0. The number of ketones is 2. The smallest absolute Gasteiger partial charge is 0.303 e. The number of carbonyl (C=O) groups is 3. The van der Waals surface area contributed by atoms with E-state index in [1.165, 1.54) is 18.1 Å². The van der Waals surface area contributed by atoms with Gasteiger partial charge in [-0.05, 0) is 80.8 Å². The third-order valence-corrected chi connectivity index (χ3v) is 8.84. The van der Waals surface area contributed by atoms with Crippen LogP contribution in [0.15, 0.2) is 23.3 Å². The molecule has 0 aromatic rings. The lowest BCUT2D eigenvalue weighted by molar-refractivity contribution is -0.185. The topological polar surface area (TPSA) is 60.4 Å². The molecule has 0 aromatic heterocycles. The summed E-state index contributed by atoms with van der Waals surface area (Å²) in [5.41, 5.74) is 1.15. The van der Waals surface area contributed by atoms with Crippen LogP contribution in [0.25, 0.3) is 0 Å². The molecule has 4 heteroatoms. The molecule has 0 heterocycles. The highest BCUT2D eigenvalue weighted by molar-refractivity contribution is 5.92. The first-order valence-corrected chi connectivity index (χ1v) is 10.7. The first-order chi connectivity index (χ1) is 13.0. The first kappa shape index (κ1) is 19.6. The zero-order valence-corrected chi connectivity index (χ0v) is 17.8. The first-order valence-electron chi connectivity index (χ1n) is 10.7. The predicted molar refractivity (Wildman–Crippen MR) is 106 cm³/mol. The fraction of sp³-hybridized carbons (Fsp3) is 0.708. The second-order valence-corrected chi connectivity index (χ2v) is 10.1. The predicted octanol–water partition coefficient (Wildman–Crippen LogP) is 4.58. The SMILES string of the molecule is CC(=O)O[C@]1(C(C)=O)CC[C@H]2C3C=C(C)C4=CC(=O)CCC4(C)C3CCC21C. The normalized spacial score (nSPS) is 44.6. The number of Topliss-reactive ketones (excluding diaryl/α,β-unsaturated/α-hetero) is 1. The Morgan fingerprint density at radius 1 is 1.07 bits per heavy atom. The molecule has 0 bridgehead atoms. The molecule has 28 heavy (non-hydrogen) atoms. The Balaban J connectivity index is 1.79. The van der Waals surface area contributed by atoms with Gasteiger partial charge in [-0.1, -0.05) is 25.5 Å². The van der Waals surface area contributed by atoms with Gasteiger partial charge in [-0.2, -0.15) is 0 Å². The van der Waals surface area contributed by atoms with Crippen LogP contribution < -0.4 is 0 Å². The van der Waals surface area contributed by atoms with Crippen LogP contribution in [-0.2, 0) is 19.1 Å². The van der Waals surface area contributed by atoms with E-state index in [-0.39, 0.29) is 28.4 Å². The largest absolute Gasteiger partial charge is 0.451 e. The van der Waals surface area contributed by atoms with Crippen LogP contribution in [0.4, 0.5) is 0 Å². The van der Waals surface area contributed by atoms with E-state index < -0.39 is 5.60 Å². The van der Waals surface area contributed by atoms with E-state index in [1.807, 2.05) is 6.08 Å². The maximum Gasteiger partial charge on any atom is 0.303 e. The van der Waals surface area contributed by atoms with Crippen LogP contribution in [0.5, 0.6) is 0 Å². The second kappa shape index (κ2) is 6.14. The summed E-state index contributed by atoms with van der Waals surface area (Å²) in [6.07, 6.45) is 9.20. The molecule has 152 valence electrons. The van der Waals surface area contributed by atoms with Gasteiger partial charge in [0.1, 0.15) is 0 Å².